The minimum atomic E-state index is -0.386. The van der Waals surface area contributed by atoms with E-state index in [0.29, 0.717) is 12.1 Å². The van der Waals surface area contributed by atoms with Crippen LogP contribution < -0.4 is 10.3 Å². The first-order valence-electron chi connectivity index (χ1n) is 4.58. The maximum atomic E-state index is 13.4. The fourth-order valence-electron chi connectivity index (χ4n) is 1.12. The van der Waals surface area contributed by atoms with Gasteiger partial charge in [-0.2, -0.15) is 5.10 Å². The van der Waals surface area contributed by atoms with Gasteiger partial charge in [-0.15, -0.1) is 0 Å². The van der Waals surface area contributed by atoms with E-state index in [1.54, 1.807) is 25.2 Å². The SMILES string of the molecule is C=C/C(=N\N(C)c1ccccc1F)NC=O. The molecule has 0 radical (unpaired) electrons. The van der Waals surface area contributed by atoms with E-state index in [1.165, 1.54) is 17.2 Å². The molecule has 16 heavy (non-hydrogen) atoms. The molecule has 0 aromatic heterocycles. The van der Waals surface area contributed by atoms with Gasteiger partial charge in [0.15, 0.2) is 5.84 Å². The molecule has 0 aliphatic heterocycles. The second kappa shape index (κ2) is 5.65. The van der Waals surface area contributed by atoms with Gasteiger partial charge < -0.3 is 5.32 Å². The number of nitrogens with one attached hydrogen (secondary N) is 1. The van der Waals surface area contributed by atoms with E-state index in [0.717, 1.165) is 0 Å². The number of amides is 1. The number of hydrogen-bond acceptors (Lipinski definition) is 3. The predicted octanol–water partition coefficient (Wildman–Crippen LogP) is 1.51. The lowest BCUT2D eigenvalue weighted by Crippen LogP contribution is -2.23. The highest BCUT2D eigenvalue weighted by atomic mass is 19.1. The fourth-order valence-corrected chi connectivity index (χ4v) is 1.12. The van der Waals surface area contributed by atoms with Crippen LogP contribution in [0, 0.1) is 5.82 Å². The molecule has 0 bridgehead atoms. The number of rotatable bonds is 4. The molecule has 84 valence electrons. The molecule has 4 nitrogen and oxygen atoms in total. The number of hydrazone groups is 1. The van der Waals surface area contributed by atoms with E-state index in [-0.39, 0.29) is 11.7 Å². The third-order valence-corrected chi connectivity index (χ3v) is 1.86. The number of hydrogen-bond donors (Lipinski definition) is 1. The molecule has 0 saturated heterocycles. The quantitative estimate of drug-likeness (QED) is 0.362. The highest BCUT2D eigenvalue weighted by Crippen LogP contribution is 2.16. The monoisotopic (exact) mass is 221 g/mol. The van der Waals surface area contributed by atoms with Crippen LogP contribution in [-0.4, -0.2) is 19.3 Å². The lowest BCUT2D eigenvalue weighted by atomic mass is 10.3. The van der Waals surface area contributed by atoms with Gasteiger partial charge in [-0.25, -0.2) is 4.39 Å². The summed E-state index contributed by atoms with van der Waals surface area (Å²) in [6.45, 7) is 3.48. The number of para-hydroxylation sites is 1. The van der Waals surface area contributed by atoms with Crippen LogP contribution in [0.5, 0.6) is 0 Å². The molecule has 1 N–H and O–H groups in total. The first kappa shape index (κ1) is 11.9. The largest absolute Gasteiger partial charge is 0.312 e. The van der Waals surface area contributed by atoms with Crippen molar-refractivity contribution in [3.05, 3.63) is 42.7 Å². The van der Waals surface area contributed by atoms with Crippen molar-refractivity contribution in [1.82, 2.24) is 5.32 Å². The van der Waals surface area contributed by atoms with Crippen molar-refractivity contribution in [2.45, 2.75) is 0 Å². The number of nitrogens with zero attached hydrogens (tertiary/aromatic N) is 2. The Hall–Kier alpha value is -2.17. The lowest BCUT2D eigenvalue weighted by Gasteiger charge is -2.14. The van der Waals surface area contributed by atoms with Crippen molar-refractivity contribution < 1.29 is 9.18 Å². The van der Waals surface area contributed by atoms with Gasteiger partial charge in [0.05, 0.1) is 5.69 Å². The second-order valence-corrected chi connectivity index (χ2v) is 2.93. The molecular weight excluding hydrogens is 209 g/mol. The van der Waals surface area contributed by atoms with Crippen molar-refractivity contribution in [1.29, 1.82) is 0 Å². The van der Waals surface area contributed by atoms with E-state index in [2.05, 4.69) is 17.0 Å². The Morgan fingerprint density at radius 2 is 2.25 bits per heavy atom. The van der Waals surface area contributed by atoms with Crippen LogP contribution in [0.25, 0.3) is 0 Å². The maximum Gasteiger partial charge on any atom is 0.212 e. The van der Waals surface area contributed by atoms with Gasteiger partial charge in [0.1, 0.15) is 5.82 Å². The Balaban J connectivity index is 2.93. The average Bonchev–Trinajstić information content (AvgIpc) is 2.28. The van der Waals surface area contributed by atoms with Crippen molar-refractivity contribution in [2.75, 3.05) is 12.1 Å². The van der Waals surface area contributed by atoms with Crippen molar-refractivity contribution in [2.24, 2.45) is 5.10 Å². The summed E-state index contributed by atoms with van der Waals surface area (Å²) >= 11 is 0. The molecule has 1 rings (SSSR count). The smallest absolute Gasteiger partial charge is 0.212 e. The fraction of sp³-hybridized carbons (Fsp3) is 0.0909. The molecule has 0 saturated carbocycles. The minimum Gasteiger partial charge on any atom is -0.312 e. The van der Waals surface area contributed by atoms with Crippen LogP contribution in [0.4, 0.5) is 10.1 Å². The lowest BCUT2D eigenvalue weighted by molar-refractivity contribution is -0.108. The third kappa shape index (κ3) is 2.91. The standard InChI is InChI=1S/C11H12FN3O/c1-3-11(13-8-16)14-15(2)10-7-5-4-6-9(10)12/h3-8H,1H2,2H3,(H,13,14,16). The summed E-state index contributed by atoms with van der Waals surface area (Å²) in [5.74, 6) is -0.135. The Morgan fingerprint density at radius 3 is 2.81 bits per heavy atom. The van der Waals surface area contributed by atoms with Gasteiger partial charge in [-0.3, -0.25) is 9.80 Å². The molecule has 1 aromatic rings. The molecule has 0 fully saturated rings. The van der Waals surface area contributed by atoms with Crippen molar-refractivity contribution in [3.8, 4) is 0 Å². The molecule has 5 heteroatoms. The minimum absolute atomic E-state index is 0.251. The van der Waals surface area contributed by atoms with E-state index in [4.69, 9.17) is 0 Å². The van der Waals surface area contributed by atoms with E-state index < -0.39 is 0 Å². The molecule has 1 amide bonds. The highest BCUT2D eigenvalue weighted by molar-refractivity contribution is 5.99. The van der Waals surface area contributed by atoms with Gasteiger partial charge in [0.25, 0.3) is 0 Å². The Kier molecular flexibility index (Phi) is 4.20. The Labute approximate surface area is 93.1 Å². The maximum absolute atomic E-state index is 13.4. The normalized spacial score (nSPS) is 10.8. The van der Waals surface area contributed by atoms with Crippen LogP contribution in [0.1, 0.15) is 0 Å². The number of amidine groups is 1. The summed E-state index contributed by atoms with van der Waals surface area (Å²) in [7, 11) is 1.58. The van der Waals surface area contributed by atoms with Crippen molar-refractivity contribution >= 4 is 17.9 Å². The van der Waals surface area contributed by atoms with Gasteiger partial charge in [-0.1, -0.05) is 18.7 Å². The van der Waals surface area contributed by atoms with Crippen LogP contribution in [0.2, 0.25) is 0 Å². The molecular formula is C11H12FN3O. The van der Waals surface area contributed by atoms with Crippen LogP contribution in [-0.2, 0) is 4.79 Å². The molecule has 0 aliphatic rings. The van der Waals surface area contributed by atoms with Crippen LogP contribution in [0.15, 0.2) is 42.0 Å². The number of benzene rings is 1. The molecule has 0 heterocycles. The van der Waals surface area contributed by atoms with E-state index in [1.807, 2.05) is 0 Å². The molecule has 0 spiro atoms. The first-order valence-corrected chi connectivity index (χ1v) is 4.58. The average molecular weight is 221 g/mol. The molecule has 0 unspecified atom stereocenters. The summed E-state index contributed by atoms with van der Waals surface area (Å²) in [5.41, 5.74) is 0.314. The summed E-state index contributed by atoms with van der Waals surface area (Å²) in [4.78, 5) is 10.2. The zero-order chi connectivity index (χ0) is 12.0. The van der Waals surface area contributed by atoms with Crippen LogP contribution >= 0.6 is 0 Å². The Bertz CT molecular complexity index is 417. The molecule has 0 aliphatic carbocycles. The zero-order valence-electron chi connectivity index (χ0n) is 8.85. The number of halogens is 1. The third-order valence-electron chi connectivity index (χ3n) is 1.86. The van der Waals surface area contributed by atoms with Gasteiger partial charge in [0, 0.05) is 7.05 Å². The second-order valence-electron chi connectivity index (χ2n) is 2.93. The number of carbonyl (C=O) groups excluding carboxylic acids is 1. The van der Waals surface area contributed by atoms with E-state index in [9.17, 15) is 9.18 Å². The summed E-state index contributed by atoms with van der Waals surface area (Å²) in [6, 6.07) is 6.21. The first-order chi connectivity index (χ1) is 7.69. The van der Waals surface area contributed by atoms with Crippen LogP contribution in [0.3, 0.4) is 0 Å². The van der Waals surface area contributed by atoms with Crippen molar-refractivity contribution in [3.63, 3.8) is 0 Å². The Morgan fingerprint density at radius 1 is 1.56 bits per heavy atom. The van der Waals surface area contributed by atoms with Gasteiger partial charge >= 0.3 is 0 Å². The topological polar surface area (TPSA) is 44.7 Å². The highest BCUT2D eigenvalue weighted by Gasteiger charge is 2.05. The summed E-state index contributed by atoms with van der Waals surface area (Å²) < 4.78 is 13.4. The predicted molar refractivity (Wildman–Crippen MR) is 61.6 cm³/mol. The van der Waals surface area contributed by atoms with E-state index >= 15 is 0 Å². The summed E-state index contributed by atoms with van der Waals surface area (Å²) in [6.07, 6.45) is 1.85. The van der Waals surface area contributed by atoms with Gasteiger partial charge in [-0.05, 0) is 18.2 Å². The zero-order valence-corrected chi connectivity index (χ0v) is 8.85. The molecule has 1 aromatic carbocycles. The number of anilines is 1. The van der Waals surface area contributed by atoms with Gasteiger partial charge in [0.2, 0.25) is 6.41 Å². The summed E-state index contributed by atoms with van der Waals surface area (Å²) in [5, 5.41) is 7.63. The number of carbonyl (C=O) groups is 1. The molecule has 0 atom stereocenters.